The van der Waals surface area contributed by atoms with Gasteiger partial charge in [0.15, 0.2) is 0 Å². The first-order valence-corrected chi connectivity index (χ1v) is 13.0. The standard InChI is InChI=1S/C31H36N4O3.2ClH/c1-20(2)34-30(32)23-8-13-27(14-9-23)37-17-5-16-36-26-11-6-22(7-12-26)29-19-25-18-24(10-15-28(25)38-29)31(33)35-21(3)4;;/h6-15,18-21H,5,16-17H2,1-4H3,(H2,32,34)(H2,33,35);2*1H. The first-order valence-electron chi connectivity index (χ1n) is 13.0. The SMILES string of the molecule is CC(C)NC(=N)c1ccc(OCCCOc2ccc(-c3cc4cc(C(=N)NC(C)C)ccc4o3)cc2)cc1.Cl.Cl. The second kappa shape index (κ2) is 15.2. The highest BCUT2D eigenvalue weighted by molar-refractivity contribution is 6.00. The molecule has 3 aromatic carbocycles. The lowest BCUT2D eigenvalue weighted by atomic mass is 10.1. The van der Waals surface area contributed by atoms with Crippen LogP contribution in [0.4, 0.5) is 0 Å². The molecule has 1 heterocycles. The number of nitrogens with one attached hydrogen (secondary N) is 4. The molecule has 0 bridgehead atoms. The molecule has 9 heteroatoms. The Kier molecular flexibility index (Phi) is 12.4. The van der Waals surface area contributed by atoms with E-state index >= 15 is 0 Å². The van der Waals surface area contributed by atoms with Gasteiger partial charge in [-0.05, 0) is 100 Å². The van der Waals surface area contributed by atoms with Crippen molar-refractivity contribution in [2.24, 2.45) is 0 Å². The molecule has 0 saturated carbocycles. The van der Waals surface area contributed by atoms with Crippen LogP contribution in [-0.2, 0) is 0 Å². The number of ether oxygens (including phenoxy) is 2. The van der Waals surface area contributed by atoms with Gasteiger partial charge in [0, 0.05) is 40.6 Å². The maximum atomic E-state index is 8.22. The zero-order valence-corrected chi connectivity index (χ0v) is 24.9. The largest absolute Gasteiger partial charge is 0.493 e. The molecule has 4 aromatic rings. The topological polar surface area (TPSA) is 103 Å². The molecule has 0 unspecified atom stereocenters. The number of rotatable bonds is 11. The summed E-state index contributed by atoms with van der Waals surface area (Å²) in [5.41, 5.74) is 3.43. The van der Waals surface area contributed by atoms with Crippen molar-refractivity contribution in [1.82, 2.24) is 10.6 Å². The van der Waals surface area contributed by atoms with Gasteiger partial charge in [0.25, 0.3) is 0 Å². The summed E-state index contributed by atoms with van der Waals surface area (Å²) in [6, 6.07) is 23.6. The number of halogens is 2. The van der Waals surface area contributed by atoms with Crippen molar-refractivity contribution in [2.45, 2.75) is 46.2 Å². The molecule has 4 rings (SSSR count). The van der Waals surface area contributed by atoms with Crippen LogP contribution < -0.4 is 20.1 Å². The van der Waals surface area contributed by atoms with E-state index < -0.39 is 0 Å². The zero-order chi connectivity index (χ0) is 27.1. The van der Waals surface area contributed by atoms with Gasteiger partial charge >= 0.3 is 0 Å². The van der Waals surface area contributed by atoms with Crippen molar-refractivity contribution in [3.63, 3.8) is 0 Å². The summed E-state index contributed by atoms with van der Waals surface area (Å²) in [6.45, 7) is 9.16. The van der Waals surface area contributed by atoms with Crippen molar-refractivity contribution >= 4 is 47.5 Å². The second-order valence-electron chi connectivity index (χ2n) is 9.81. The van der Waals surface area contributed by atoms with Gasteiger partial charge in [-0.25, -0.2) is 0 Å². The Morgan fingerprint density at radius 2 is 1.20 bits per heavy atom. The smallest absolute Gasteiger partial charge is 0.135 e. The maximum Gasteiger partial charge on any atom is 0.135 e. The van der Waals surface area contributed by atoms with Gasteiger partial charge in [-0.1, -0.05) is 0 Å². The van der Waals surface area contributed by atoms with E-state index in [-0.39, 0.29) is 36.9 Å². The predicted molar refractivity (Wildman–Crippen MR) is 168 cm³/mol. The van der Waals surface area contributed by atoms with Crippen LogP contribution in [0.5, 0.6) is 11.5 Å². The monoisotopic (exact) mass is 584 g/mol. The summed E-state index contributed by atoms with van der Waals surface area (Å²) in [7, 11) is 0. The minimum absolute atomic E-state index is 0. The fourth-order valence-electron chi connectivity index (χ4n) is 3.96. The third kappa shape index (κ3) is 8.93. The number of furan rings is 1. The predicted octanol–water partition coefficient (Wildman–Crippen LogP) is 7.44. The molecule has 0 saturated heterocycles. The third-order valence-electron chi connectivity index (χ3n) is 5.78. The summed E-state index contributed by atoms with van der Waals surface area (Å²) < 4.78 is 17.7. The molecule has 0 atom stereocenters. The Morgan fingerprint density at radius 1 is 0.700 bits per heavy atom. The minimum atomic E-state index is 0. The van der Waals surface area contributed by atoms with E-state index in [1.807, 2.05) is 100 Å². The Balaban J connectivity index is 0.00000280. The van der Waals surface area contributed by atoms with Gasteiger partial charge in [-0.2, -0.15) is 0 Å². The highest BCUT2D eigenvalue weighted by atomic mass is 35.5. The molecule has 0 aliphatic carbocycles. The molecular formula is C31H38Cl2N4O3. The van der Waals surface area contributed by atoms with Crippen LogP contribution in [0, 0.1) is 10.8 Å². The molecule has 40 heavy (non-hydrogen) atoms. The molecule has 0 aliphatic heterocycles. The maximum absolute atomic E-state index is 8.22. The molecule has 4 N–H and O–H groups in total. The second-order valence-corrected chi connectivity index (χ2v) is 9.81. The van der Waals surface area contributed by atoms with E-state index in [1.165, 1.54) is 0 Å². The van der Waals surface area contributed by atoms with Crippen molar-refractivity contribution in [1.29, 1.82) is 10.8 Å². The summed E-state index contributed by atoms with van der Waals surface area (Å²) in [6.07, 6.45) is 0.751. The first kappa shape index (κ1) is 32.5. The van der Waals surface area contributed by atoms with Crippen molar-refractivity contribution < 1.29 is 13.9 Å². The molecule has 0 fully saturated rings. The molecule has 0 aliphatic rings. The van der Waals surface area contributed by atoms with Crippen LogP contribution in [0.15, 0.2) is 77.2 Å². The Hall–Kier alpha value is -3.68. The quantitative estimate of drug-likeness (QED) is 0.0833. The normalized spacial score (nSPS) is 10.6. The van der Waals surface area contributed by atoms with Crippen LogP contribution >= 0.6 is 24.8 Å². The molecule has 214 valence electrons. The average Bonchev–Trinajstić information content (AvgIpc) is 3.32. The Morgan fingerprint density at radius 3 is 1.75 bits per heavy atom. The van der Waals surface area contributed by atoms with E-state index in [2.05, 4.69) is 10.6 Å². The fraction of sp³-hybridized carbons (Fsp3) is 0.290. The lowest BCUT2D eigenvalue weighted by molar-refractivity contribution is 0.247. The molecule has 7 nitrogen and oxygen atoms in total. The van der Waals surface area contributed by atoms with Gasteiger partial charge in [0.05, 0.1) is 13.2 Å². The minimum Gasteiger partial charge on any atom is -0.493 e. The first-order chi connectivity index (χ1) is 18.3. The van der Waals surface area contributed by atoms with E-state index in [0.717, 1.165) is 51.3 Å². The van der Waals surface area contributed by atoms with Crippen LogP contribution in [0.25, 0.3) is 22.3 Å². The van der Waals surface area contributed by atoms with E-state index in [0.29, 0.717) is 24.9 Å². The van der Waals surface area contributed by atoms with Gasteiger partial charge in [0.2, 0.25) is 0 Å². The summed E-state index contributed by atoms with van der Waals surface area (Å²) in [5.74, 6) is 3.17. The van der Waals surface area contributed by atoms with Gasteiger partial charge in [-0.15, -0.1) is 24.8 Å². The highest BCUT2D eigenvalue weighted by Gasteiger charge is 2.10. The molecule has 1 aromatic heterocycles. The number of amidine groups is 2. The van der Waals surface area contributed by atoms with Crippen LogP contribution in [0.1, 0.15) is 45.2 Å². The number of fused-ring (bicyclic) bond motifs is 1. The third-order valence-corrected chi connectivity index (χ3v) is 5.78. The Labute approximate surface area is 248 Å². The fourth-order valence-corrected chi connectivity index (χ4v) is 3.96. The summed E-state index contributed by atoms with van der Waals surface area (Å²) in [5, 5.41) is 23.5. The molecular weight excluding hydrogens is 547 g/mol. The van der Waals surface area contributed by atoms with Gasteiger partial charge in [0.1, 0.15) is 34.5 Å². The zero-order valence-electron chi connectivity index (χ0n) is 23.2. The summed E-state index contributed by atoms with van der Waals surface area (Å²) in [4.78, 5) is 0. The van der Waals surface area contributed by atoms with E-state index in [9.17, 15) is 0 Å². The van der Waals surface area contributed by atoms with Crippen LogP contribution in [-0.4, -0.2) is 37.0 Å². The van der Waals surface area contributed by atoms with Crippen LogP contribution in [0.3, 0.4) is 0 Å². The number of hydrogen-bond donors (Lipinski definition) is 4. The van der Waals surface area contributed by atoms with Gasteiger partial charge < -0.3 is 24.5 Å². The average molecular weight is 586 g/mol. The molecule has 0 spiro atoms. The number of hydrogen-bond acceptors (Lipinski definition) is 5. The molecule has 0 radical (unpaired) electrons. The van der Waals surface area contributed by atoms with Crippen LogP contribution in [0.2, 0.25) is 0 Å². The van der Waals surface area contributed by atoms with Crippen molar-refractivity contribution in [2.75, 3.05) is 13.2 Å². The highest BCUT2D eigenvalue weighted by Crippen LogP contribution is 2.29. The van der Waals surface area contributed by atoms with Crippen molar-refractivity contribution in [3.8, 4) is 22.8 Å². The van der Waals surface area contributed by atoms with Crippen molar-refractivity contribution in [3.05, 3.63) is 83.9 Å². The van der Waals surface area contributed by atoms with E-state index in [4.69, 9.17) is 24.7 Å². The molecule has 0 amide bonds. The van der Waals surface area contributed by atoms with E-state index in [1.54, 1.807) is 0 Å². The van der Waals surface area contributed by atoms with Gasteiger partial charge in [-0.3, -0.25) is 10.8 Å². The lowest BCUT2D eigenvalue weighted by Crippen LogP contribution is -2.30. The Bertz CT molecular complexity index is 1380. The summed E-state index contributed by atoms with van der Waals surface area (Å²) >= 11 is 0. The number of benzene rings is 3. The lowest BCUT2D eigenvalue weighted by Gasteiger charge is -2.12.